The summed E-state index contributed by atoms with van der Waals surface area (Å²) in [5, 5.41) is 2.46. The van der Waals surface area contributed by atoms with Gasteiger partial charge in [0.15, 0.2) is 0 Å². The second-order valence-corrected chi connectivity index (χ2v) is 8.93. The molecule has 0 radical (unpaired) electrons. The number of nitrogens with zero attached hydrogens (tertiary/aromatic N) is 1. The van der Waals surface area contributed by atoms with E-state index in [9.17, 15) is 17.6 Å². The van der Waals surface area contributed by atoms with Crippen LogP contribution >= 0.6 is 0 Å². The van der Waals surface area contributed by atoms with Crippen LogP contribution in [0.4, 0.5) is 15.8 Å². The van der Waals surface area contributed by atoms with Crippen molar-refractivity contribution in [3.05, 3.63) is 89.2 Å². The number of rotatable bonds is 6. The van der Waals surface area contributed by atoms with Gasteiger partial charge in [-0.15, -0.1) is 0 Å². The van der Waals surface area contributed by atoms with Crippen molar-refractivity contribution in [2.75, 3.05) is 16.2 Å². The fourth-order valence-corrected chi connectivity index (χ4v) is 4.50. The van der Waals surface area contributed by atoms with Crippen molar-refractivity contribution >= 4 is 27.3 Å². The normalized spacial score (nSPS) is 11.2. The van der Waals surface area contributed by atoms with Gasteiger partial charge in [-0.3, -0.25) is 9.10 Å². The van der Waals surface area contributed by atoms with Crippen molar-refractivity contribution in [1.82, 2.24) is 0 Å². The first-order chi connectivity index (χ1) is 14.2. The second kappa shape index (κ2) is 8.67. The monoisotopic (exact) mass is 426 g/mol. The van der Waals surface area contributed by atoms with Gasteiger partial charge in [0.05, 0.1) is 16.3 Å². The van der Waals surface area contributed by atoms with Crippen molar-refractivity contribution < 1.29 is 17.6 Å². The molecule has 0 unspecified atom stereocenters. The number of hydrogen-bond donors (Lipinski definition) is 1. The summed E-state index contributed by atoms with van der Waals surface area (Å²) >= 11 is 0. The summed E-state index contributed by atoms with van der Waals surface area (Å²) in [6, 6.07) is 17.4. The summed E-state index contributed by atoms with van der Waals surface area (Å²) < 4.78 is 41.9. The summed E-state index contributed by atoms with van der Waals surface area (Å²) in [4.78, 5) is 12.8. The van der Waals surface area contributed by atoms with Crippen LogP contribution in [0.25, 0.3) is 0 Å². The molecule has 5 nitrogen and oxygen atoms in total. The van der Waals surface area contributed by atoms with E-state index in [1.54, 1.807) is 37.3 Å². The lowest BCUT2D eigenvalue weighted by Crippen LogP contribution is -2.38. The van der Waals surface area contributed by atoms with Gasteiger partial charge in [-0.1, -0.05) is 42.0 Å². The quantitative estimate of drug-likeness (QED) is 0.627. The number of amides is 1. The number of para-hydroxylation sites is 1. The number of carbonyl (C=O) groups is 1. The fourth-order valence-electron chi connectivity index (χ4n) is 3.03. The Bertz CT molecular complexity index is 1180. The Kier molecular flexibility index (Phi) is 6.22. The molecule has 0 aliphatic rings. The predicted molar refractivity (Wildman–Crippen MR) is 117 cm³/mol. The molecule has 0 aromatic heterocycles. The van der Waals surface area contributed by atoms with Gasteiger partial charge in [0.25, 0.3) is 10.0 Å². The first kappa shape index (κ1) is 21.5. The Morgan fingerprint density at radius 2 is 1.60 bits per heavy atom. The van der Waals surface area contributed by atoms with Crippen LogP contribution in [-0.4, -0.2) is 20.9 Å². The van der Waals surface area contributed by atoms with Crippen LogP contribution in [-0.2, 0) is 14.8 Å². The number of anilines is 2. The highest BCUT2D eigenvalue weighted by molar-refractivity contribution is 7.92. The van der Waals surface area contributed by atoms with Crippen molar-refractivity contribution in [2.45, 2.75) is 25.7 Å². The number of carbonyl (C=O) groups excluding carboxylic acids is 1. The van der Waals surface area contributed by atoms with Gasteiger partial charge in [0.1, 0.15) is 12.4 Å². The molecule has 0 atom stereocenters. The van der Waals surface area contributed by atoms with Gasteiger partial charge in [0.2, 0.25) is 5.91 Å². The molecule has 0 bridgehead atoms. The topological polar surface area (TPSA) is 66.5 Å². The van der Waals surface area contributed by atoms with Crippen molar-refractivity contribution in [2.24, 2.45) is 0 Å². The minimum atomic E-state index is -4.03. The number of nitrogens with one attached hydrogen (secondary N) is 1. The smallest absolute Gasteiger partial charge is 0.264 e. The number of sulfonamides is 1. The molecule has 30 heavy (non-hydrogen) atoms. The minimum absolute atomic E-state index is 0.00357. The highest BCUT2D eigenvalue weighted by Crippen LogP contribution is 2.29. The largest absolute Gasteiger partial charge is 0.322 e. The van der Waals surface area contributed by atoms with Gasteiger partial charge < -0.3 is 5.32 Å². The predicted octanol–water partition coefficient (Wildman–Crippen LogP) is 4.58. The lowest BCUT2D eigenvalue weighted by molar-refractivity contribution is -0.114. The zero-order valence-corrected chi connectivity index (χ0v) is 17.8. The Balaban J connectivity index is 2.02. The maximum Gasteiger partial charge on any atom is 0.264 e. The maximum absolute atomic E-state index is 13.9. The van der Waals surface area contributed by atoms with Crippen molar-refractivity contribution in [3.8, 4) is 0 Å². The number of hydrogen-bond acceptors (Lipinski definition) is 3. The van der Waals surface area contributed by atoms with Crippen LogP contribution in [0.1, 0.15) is 16.7 Å². The molecule has 156 valence electrons. The molecule has 0 spiro atoms. The molecule has 0 aliphatic heterocycles. The maximum atomic E-state index is 13.9. The van der Waals surface area contributed by atoms with E-state index in [0.717, 1.165) is 21.0 Å². The zero-order chi connectivity index (χ0) is 21.9. The average molecular weight is 427 g/mol. The van der Waals surface area contributed by atoms with Crippen molar-refractivity contribution in [3.63, 3.8) is 0 Å². The molecule has 1 N–H and O–H groups in total. The number of benzene rings is 3. The highest BCUT2D eigenvalue weighted by Gasteiger charge is 2.28. The molecule has 7 heteroatoms. The van der Waals surface area contributed by atoms with Crippen LogP contribution in [0.5, 0.6) is 0 Å². The van der Waals surface area contributed by atoms with Gasteiger partial charge >= 0.3 is 0 Å². The second-order valence-electron chi connectivity index (χ2n) is 7.07. The van der Waals surface area contributed by atoms with Crippen LogP contribution in [0.2, 0.25) is 0 Å². The molecular formula is C23H23FN2O3S. The van der Waals surface area contributed by atoms with Crippen LogP contribution in [0.15, 0.2) is 71.6 Å². The zero-order valence-electron chi connectivity index (χ0n) is 17.0. The Morgan fingerprint density at radius 1 is 0.933 bits per heavy atom. The molecule has 0 fully saturated rings. The van der Waals surface area contributed by atoms with E-state index in [0.29, 0.717) is 5.69 Å². The minimum Gasteiger partial charge on any atom is -0.322 e. The van der Waals surface area contributed by atoms with E-state index >= 15 is 0 Å². The van der Waals surface area contributed by atoms with E-state index in [4.69, 9.17) is 0 Å². The summed E-state index contributed by atoms with van der Waals surface area (Å²) in [5.41, 5.74) is 2.96. The summed E-state index contributed by atoms with van der Waals surface area (Å²) in [6.45, 7) is 5.04. The Hall–Kier alpha value is -3.19. The molecule has 0 saturated heterocycles. The van der Waals surface area contributed by atoms with Crippen LogP contribution in [0.3, 0.4) is 0 Å². The average Bonchev–Trinajstić information content (AvgIpc) is 2.70. The molecule has 0 heterocycles. The molecule has 3 aromatic carbocycles. The Morgan fingerprint density at radius 3 is 2.27 bits per heavy atom. The lowest BCUT2D eigenvalue weighted by Gasteiger charge is -2.26. The van der Waals surface area contributed by atoms with Crippen LogP contribution in [0, 0.1) is 26.6 Å². The lowest BCUT2D eigenvalue weighted by atomic mass is 10.1. The van der Waals surface area contributed by atoms with Gasteiger partial charge in [-0.05, 0) is 62.2 Å². The van der Waals surface area contributed by atoms with E-state index in [1.807, 2.05) is 19.9 Å². The third kappa shape index (κ3) is 4.52. The number of aryl methyl sites for hydroxylation is 2. The molecule has 3 rings (SSSR count). The molecular weight excluding hydrogens is 403 g/mol. The molecule has 1 amide bonds. The third-order valence-corrected chi connectivity index (χ3v) is 6.66. The third-order valence-electron chi connectivity index (χ3n) is 4.89. The van der Waals surface area contributed by atoms with Crippen molar-refractivity contribution in [1.29, 1.82) is 0 Å². The van der Waals surface area contributed by atoms with E-state index < -0.39 is 28.3 Å². The fraction of sp³-hybridized carbons (Fsp3) is 0.174. The van der Waals surface area contributed by atoms with Gasteiger partial charge in [0, 0.05) is 0 Å². The molecule has 0 saturated carbocycles. The van der Waals surface area contributed by atoms with E-state index in [-0.39, 0.29) is 10.6 Å². The highest BCUT2D eigenvalue weighted by atomic mass is 32.2. The van der Waals surface area contributed by atoms with Gasteiger partial charge in [-0.2, -0.15) is 0 Å². The molecule has 3 aromatic rings. The molecule has 0 aliphatic carbocycles. The van der Waals surface area contributed by atoms with Crippen LogP contribution < -0.4 is 9.62 Å². The SMILES string of the molecule is Cc1ccc(S(=O)(=O)N(CC(=O)Nc2ccccc2F)c2cccc(C)c2C)cc1. The van der Waals surface area contributed by atoms with Gasteiger partial charge in [-0.25, -0.2) is 12.8 Å². The first-order valence-corrected chi connectivity index (χ1v) is 10.8. The van der Waals surface area contributed by atoms with E-state index in [1.165, 1.54) is 30.3 Å². The standard InChI is InChI=1S/C23H23FN2O3S/c1-16-11-13-19(14-12-16)30(28,29)26(22-10-6-7-17(2)18(22)3)15-23(27)25-21-9-5-4-8-20(21)24/h4-14H,15H2,1-3H3,(H,25,27). The summed E-state index contributed by atoms with van der Waals surface area (Å²) in [5.74, 6) is -1.23. The first-order valence-electron chi connectivity index (χ1n) is 9.40. The summed E-state index contributed by atoms with van der Waals surface area (Å²) in [6.07, 6.45) is 0. The van der Waals surface area contributed by atoms with E-state index in [2.05, 4.69) is 5.32 Å². The summed E-state index contributed by atoms with van der Waals surface area (Å²) in [7, 11) is -4.03. The Labute approximate surface area is 176 Å². The number of halogens is 1.